The molecule has 0 saturated carbocycles. The van der Waals surface area contributed by atoms with Gasteiger partial charge in [-0.25, -0.2) is 8.42 Å². The molecule has 108 valence electrons. The Morgan fingerprint density at radius 3 is 2.50 bits per heavy atom. The quantitative estimate of drug-likeness (QED) is 0.901. The van der Waals surface area contributed by atoms with Gasteiger partial charge in [-0.1, -0.05) is 23.2 Å². The van der Waals surface area contributed by atoms with Crippen molar-refractivity contribution in [3.8, 4) is 0 Å². The van der Waals surface area contributed by atoms with E-state index in [1.54, 1.807) is 14.0 Å². The van der Waals surface area contributed by atoms with Gasteiger partial charge in [0.05, 0.1) is 16.4 Å². The summed E-state index contributed by atoms with van der Waals surface area (Å²) in [6.45, 7) is 1.61. The molecule has 0 aliphatic heterocycles. The van der Waals surface area contributed by atoms with Crippen LogP contribution in [0, 0.1) is 6.92 Å². The Morgan fingerprint density at radius 1 is 1.35 bits per heavy atom. The first-order chi connectivity index (χ1) is 9.22. The van der Waals surface area contributed by atoms with Gasteiger partial charge in [-0.2, -0.15) is 5.10 Å². The Hall–Kier alpha value is -1.44. The summed E-state index contributed by atoms with van der Waals surface area (Å²) in [5, 5.41) is 4.48. The average Bonchev–Trinajstić information content (AvgIpc) is 2.57. The second-order valence-electron chi connectivity index (χ2n) is 4.15. The van der Waals surface area contributed by atoms with Crippen LogP contribution < -0.4 is 10.5 Å². The molecule has 1 aromatic carbocycles. The summed E-state index contributed by atoms with van der Waals surface area (Å²) >= 11 is 11.7. The zero-order valence-electron chi connectivity index (χ0n) is 10.7. The Morgan fingerprint density at radius 2 is 2.00 bits per heavy atom. The molecule has 9 heteroatoms. The van der Waals surface area contributed by atoms with Crippen LogP contribution in [0.5, 0.6) is 0 Å². The van der Waals surface area contributed by atoms with E-state index in [1.807, 2.05) is 0 Å². The summed E-state index contributed by atoms with van der Waals surface area (Å²) in [6.07, 6.45) is 0. The number of hydrogen-bond acceptors (Lipinski definition) is 4. The minimum absolute atomic E-state index is 0.0639. The van der Waals surface area contributed by atoms with Crippen molar-refractivity contribution in [1.82, 2.24) is 9.78 Å². The number of aromatic nitrogens is 2. The highest BCUT2D eigenvalue weighted by Gasteiger charge is 2.25. The summed E-state index contributed by atoms with van der Waals surface area (Å²) in [6, 6.07) is 4.45. The monoisotopic (exact) mass is 334 g/mol. The van der Waals surface area contributed by atoms with Crippen molar-refractivity contribution >= 4 is 44.7 Å². The van der Waals surface area contributed by atoms with Gasteiger partial charge in [0.1, 0.15) is 0 Å². The van der Waals surface area contributed by atoms with Crippen molar-refractivity contribution in [3.63, 3.8) is 0 Å². The van der Waals surface area contributed by atoms with E-state index in [4.69, 9.17) is 28.9 Å². The Bertz CT molecular complexity index is 771. The molecule has 0 spiro atoms. The first kappa shape index (κ1) is 15.0. The summed E-state index contributed by atoms with van der Waals surface area (Å²) in [4.78, 5) is -0.0639. The highest BCUT2D eigenvalue weighted by atomic mass is 35.5. The smallest absolute Gasteiger partial charge is 0.267 e. The van der Waals surface area contributed by atoms with Crippen LogP contribution in [0.15, 0.2) is 23.1 Å². The SMILES string of the molecule is Cc1c(S(=O)(=O)Nc2ccc(Cl)cc2Cl)c(N)nn1C. The largest absolute Gasteiger partial charge is 0.381 e. The van der Waals surface area contributed by atoms with Gasteiger partial charge in [0.15, 0.2) is 10.7 Å². The van der Waals surface area contributed by atoms with E-state index in [9.17, 15) is 8.42 Å². The van der Waals surface area contributed by atoms with Gasteiger partial charge in [0.25, 0.3) is 10.0 Å². The lowest BCUT2D eigenvalue weighted by Crippen LogP contribution is -2.15. The Balaban J connectivity index is 2.46. The van der Waals surface area contributed by atoms with E-state index < -0.39 is 10.0 Å². The van der Waals surface area contributed by atoms with Crippen LogP contribution in [0.2, 0.25) is 10.0 Å². The van der Waals surface area contributed by atoms with Crippen LogP contribution in [-0.4, -0.2) is 18.2 Å². The lowest BCUT2D eigenvalue weighted by molar-refractivity contribution is 0.600. The fraction of sp³-hybridized carbons (Fsp3) is 0.182. The van der Waals surface area contributed by atoms with E-state index in [0.717, 1.165) is 0 Å². The molecule has 2 aromatic rings. The van der Waals surface area contributed by atoms with Crippen LogP contribution in [0.1, 0.15) is 5.69 Å². The van der Waals surface area contributed by atoms with Gasteiger partial charge in [-0.3, -0.25) is 9.40 Å². The van der Waals surface area contributed by atoms with Gasteiger partial charge < -0.3 is 5.73 Å². The summed E-state index contributed by atoms with van der Waals surface area (Å²) in [7, 11) is -2.26. The molecule has 6 nitrogen and oxygen atoms in total. The minimum Gasteiger partial charge on any atom is -0.381 e. The zero-order chi connectivity index (χ0) is 15.1. The molecule has 0 aliphatic rings. The van der Waals surface area contributed by atoms with Crippen LogP contribution in [0.4, 0.5) is 11.5 Å². The molecule has 3 N–H and O–H groups in total. The van der Waals surface area contributed by atoms with Gasteiger partial charge in [0, 0.05) is 12.1 Å². The van der Waals surface area contributed by atoms with Gasteiger partial charge in [-0.05, 0) is 25.1 Å². The maximum atomic E-state index is 12.4. The Labute approximate surface area is 126 Å². The topological polar surface area (TPSA) is 90.0 Å². The zero-order valence-corrected chi connectivity index (χ0v) is 13.0. The normalized spacial score (nSPS) is 11.6. The second-order valence-corrected chi connectivity index (χ2v) is 6.62. The third-order valence-corrected chi connectivity index (χ3v) is 4.83. The third kappa shape index (κ3) is 2.70. The maximum absolute atomic E-state index is 12.4. The van der Waals surface area contributed by atoms with E-state index in [0.29, 0.717) is 10.7 Å². The van der Waals surface area contributed by atoms with E-state index in [1.165, 1.54) is 22.9 Å². The number of halogens is 2. The van der Waals surface area contributed by atoms with Crippen LogP contribution in [0.25, 0.3) is 0 Å². The number of nitrogens with one attached hydrogen (secondary N) is 1. The third-order valence-electron chi connectivity index (χ3n) is 2.75. The molecule has 20 heavy (non-hydrogen) atoms. The molecule has 0 aliphatic carbocycles. The van der Waals surface area contributed by atoms with Crippen LogP contribution in [0.3, 0.4) is 0 Å². The highest BCUT2D eigenvalue weighted by Crippen LogP contribution is 2.29. The molecule has 0 amide bonds. The van der Waals surface area contributed by atoms with Crippen molar-refractivity contribution in [2.24, 2.45) is 7.05 Å². The van der Waals surface area contributed by atoms with E-state index >= 15 is 0 Å². The van der Waals surface area contributed by atoms with Crippen molar-refractivity contribution in [2.75, 3.05) is 10.5 Å². The van der Waals surface area contributed by atoms with E-state index in [-0.39, 0.29) is 21.4 Å². The number of sulfonamides is 1. The molecule has 1 heterocycles. The van der Waals surface area contributed by atoms with Crippen molar-refractivity contribution in [1.29, 1.82) is 0 Å². The van der Waals surface area contributed by atoms with Crippen LogP contribution in [-0.2, 0) is 17.1 Å². The number of aryl methyl sites for hydroxylation is 1. The number of nitrogens with two attached hydrogens (primary N) is 1. The molecule has 0 bridgehead atoms. The number of nitrogen functional groups attached to an aromatic ring is 1. The summed E-state index contributed by atoms with van der Waals surface area (Å²) in [5.41, 5.74) is 6.29. The molecule has 1 aromatic heterocycles. The first-order valence-corrected chi connectivity index (χ1v) is 7.73. The number of rotatable bonds is 3. The fourth-order valence-corrected chi connectivity index (χ4v) is 3.63. The van der Waals surface area contributed by atoms with Crippen molar-refractivity contribution < 1.29 is 8.42 Å². The second kappa shape index (κ2) is 5.16. The molecule has 0 saturated heterocycles. The predicted molar refractivity (Wildman–Crippen MR) is 79.6 cm³/mol. The van der Waals surface area contributed by atoms with Crippen LogP contribution >= 0.6 is 23.2 Å². The number of hydrogen-bond donors (Lipinski definition) is 2. The standard InChI is InChI=1S/C11H12Cl2N4O2S/c1-6-10(11(14)15-17(6)2)20(18,19)16-9-4-3-7(12)5-8(9)13/h3-5,16H,1-2H3,(H2,14,15). The minimum atomic E-state index is -3.88. The molecule has 0 atom stereocenters. The Kier molecular flexibility index (Phi) is 3.86. The summed E-state index contributed by atoms with van der Waals surface area (Å²) in [5.74, 6) is -0.0671. The fourth-order valence-electron chi connectivity index (χ4n) is 1.71. The molecule has 0 fully saturated rings. The molecule has 0 unspecified atom stereocenters. The maximum Gasteiger partial charge on any atom is 0.267 e. The number of nitrogens with zero attached hydrogens (tertiary/aromatic N) is 2. The molecular formula is C11H12Cl2N4O2S. The van der Waals surface area contributed by atoms with E-state index in [2.05, 4.69) is 9.82 Å². The first-order valence-electron chi connectivity index (χ1n) is 5.49. The molecule has 0 radical (unpaired) electrons. The molecule has 2 rings (SSSR count). The van der Waals surface area contributed by atoms with Gasteiger partial charge >= 0.3 is 0 Å². The van der Waals surface area contributed by atoms with Gasteiger partial charge in [0.2, 0.25) is 0 Å². The highest BCUT2D eigenvalue weighted by molar-refractivity contribution is 7.93. The molecular weight excluding hydrogens is 323 g/mol. The van der Waals surface area contributed by atoms with Crippen molar-refractivity contribution in [2.45, 2.75) is 11.8 Å². The predicted octanol–water partition coefficient (Wildman–Crippen LogP) is 2.42. The van der Waals surface area contributed by atoms with Gasteiger partial charge in [-0.15, -0.1) is 0 Å². The average molecular weight is 335 g/mol. The number of benzene rings is 1. The lowest BCUT2D eigenvalue weighted by Gasteiger charge is -2.10. The summed E-state index contributed by atoms with van der Waals surface area (Å²) < 4.78 is 28.5. The lowest BCUT2D eigenvalue weighted by atomic mass is 10.3. The van der Waals surface area contributed by atoms with Crippen molar-refractivity contribution in [3.05, 3.63) is 33.9 Å². The number of anilines is 2.